The Morgan fingerprint density at radius 2 is 1.92 bits per heavy atom. The summed E-state index contributed by atoms with van der Waals surface area (Å²) in [5, 5.41) is 4.80. The molecule has 2 heterocycles. The summed E-state index contributed by atoms with van der Waals surface area (Å²) in [5.74, 6) is 0.459. The molecule has 0 bridgehead atoms. The number of hydrogen-bond donors (Lipinski definition) is 0. The first-order chi connectivity index (χ1) is 11.8. The molecule has 1 fully saturated rings. The molecule has 1 saturated carbocycles. The number of benzene rings is 1. The number of aromatic nitrogens is 2. The van der Waals surface area contributed by atoms with Crippen molar-refractivity contribution in [1.82, 2.24) is 9.72 Å². The summed E-state index contributed by atoms with van der Waals surface area (Å²) in [5.41, 5.74) is 3.32. The maximum Gasteiger partial charge on any atom is 0.264 e. The molecule has 4 heteroatoms. The molecule has 4 rings (SSSR count). The first-order valence-electron chi connectivity index (χ1n) is 8.88. The van der Waals surface area contributed by atoms with E-state index in [2.05, 4.69) is 11.2 Å². The third-order valence-electron chi connectivity index (χ3n) is 5.16. The van der Waals surface area contributed by atoms with E-state index in [-0.39, 0.29) is 5.56 Å². The molecule has 0 atom stereocenters. The molecule has 2 aromatic heterocycles. The normalized spacial score (nSPS) is 15.9. The molecular weight excluding hydrogens is 300 g/mol. The smallest absolute Gasteiger partial charge is 0.264 e. The summed E-state index contributed by atoms with van der Waals surface area (Å²) in [4.78, 5) is 13.1. The summed E-state index contributed by atoms with van der Waals surface area (Å²) >= 11 is 0. The van der Waals surface area contributed by atoms with Gasteiger partial charge >= 0.3 is 0 Å². The van der Waals surface area contributed by atoms with Crippen LogP contribution in [-0.4, -0.2) is 9.72 Å². The second-order valence-electron chi connectivity index (χ2n) is 6.59. The molecule has 1 aromatic carbocycles. The van der Waals surface area contributed by atoms with Crippen molar-refractivity contribution in [2.75, 3.05) is 0 Å². The predicted octanol–water partition coefficient (Wildman–Crippen LogP) is 4.72. The highest BCUT2D eigenvalue weighted by molar-refractivity contribution is 5.91. The lowest BCUT2D eigenvalue weighted by atomic mass is 9.86. The van der Waals surface area contributed by atoms with Gasteiger partial charge in [0.1, 0.15) is 11.1 Å². The molecule has 0 N–H and O–H groups in total. The largest absolute Gasteiger partial charge is 0.355 e. The molecule has 0 radical (unpaired) electrons. The number of rotatable bonds is 3. The van der Waals surface area contributed by atoms with Crippen LogP contribution in [0.5, 0.6) is 0 Å². The van der Waals surface area contributed by atoms with E-state index >= 15 is 0 Å². The van der Waals surface area contributed by atoms with Gasteiger partial charge in [0.25, 0.3) is 5.56 Å². The van der Waals surface area contributed by atoms with Crippen molar-refractivity contribution in [2.24, 2.45) is 0 Å². The Morgan fingerprint density at radius 3 is 2.62 bits per heavy atom. The first kappa shape index (κ1) is 15.2. The Hall–Kier alpha value is -2.36. The fraction of sp³-hybridized carbons (Fsp3) is 0.400. The zero-order chi connectivity index (χ0) is 16.5. The SMILES string of the molecule is CCn1c(C2CCCCC2)cc2onc(-c3ccccc3)c2c1=O. The minimum atomic E-state index is 0.0238. The van der Waals surface area contributed by atoms with Crippen LogP contribution in [0.4, 0.5) is 0 Å². The van der Waals surface area contributed by atoms with Crippen LogP contribution >= 0.6 is 0 Å². The van der Waals surface area contributed by atoms with Crippen molar-refractivity contribution in [3.63, 3.8) is 0 Å². The van der Waals surface area contributed by atoms with Crippen molar-refractivity contribution in [1.29, 1.82) is 0 Å². The molecule has 3 aromatic rings. The van der Waals surface area contributed by atoms with Gasteiger partial charge < -0.3 is 9.09 Å². The summed E-state index contributed by atoms with van der Waals surface area (Å²) in [6, 6.07) is 11.8. The molecule has 1 aliphatic carbocycles. The zero-order valence-corrected chi connectivity index (χ0v) is 14.0. The monoisotopic (exact) mass is 322 g/mol. The Kier molecular flexibility index (Phi) is 3.97. The lowest BCUT2D eigenvalue weighted by Crippen LogP contribution is -2.25. The van der Waals surface area contributed by atoms with E-state index in [9.17, 15) is 4.79 Å². The van der Waals surface area contributed by atoms with E-state index in [4.69, 9.17) is 4.52 Å². The molecule has 1 aliphatic rings. The third kappa shape index (κ3) is 2.46. The van der Waals surface area contributed by atoms with Crippen molar-refractivity contribution in [3.8, 4) is 11.3 Å². The molecule has 0 aliphatic heterocycles. The van der Waals surface area contributed by atoms with Gasteiger partial charge in [0.05, 0.1) is 0 Å². The van der Waals surface area contributed by atoms with Crippen molar-refractivity contribution in [2.45, 2.75) is 51.5 Å². The fourth-order valence-corrected chi connectivity index (χ4v) is 3.93. The first-order valence-corrected chi connectivity index (χ1v) is 8.88. The average Bonchev–Trinajstić information content (AvgIpc) is 3.07. The molecule has 24 heavy (non-hydrogen) atoms. The van der Waals surface area contributed by atoms with E-state index in [0.29, 0.717) is 29.1 Å². The number of pyridine rings is 1. The Bertz CT molecular complexity index is 903. The zero-order valence-electron chi connectivity index (χ0n) is 14.0. The molecule has 0 saturated heterocycles. The summed E-state index contributed by atoms with van der Waals surface area (Å²) in [6.07, 6.45) is 6.10. The van der Waals surface area contributed by atoms with Gasteiger partial charge in [-0.05, 0) is 25.7 Å². The van der Waals surface area contributed by atoms with Gasteiger partial charge in [0.2, 0.25) is 0 Å². The van der Waals surface area contributed by atoms with Gasteiger partial charge in [0.15, 0.2) is 5.58 Å². The van der Waals surface area contributed by atoms with Crippen molar-refractivity contribution >= 4 is 11.0 Å². The van der Waals surface area contributed by atoms with E-state index in [0.717, 1.165) is 24.1 Å². The van der Waals surface area contributed by atoms with Crippen LogP contribution in [0.2, 0.25) is 0 Å². The summed E-state index contributed by atoms with van der Waals surface area (Å²) in [6.45, 7) is 2.72. The van der Waals surface area contributed by atoms with Crippen LogP contribution < -0.4 is 5.56 Å². The maximum atomic E-state index is 13.1. The number of fused-ring (bicyclic) bond motifs is 1. The van der Waals surface area contributed by atoms with Crippen molar-refractivity contribution in [3.05, 3.63) is 52.4 Å². The minimum absolute atomic E-state index is 0.0238. The third-order valence-corrected chi connectivity index (χ3v) is 5.16. The Labute approximate surface area is 141 Å². The highest BCUT2D eigenvalue weighted by Crippen LogP contribution is 2.34. The standard InChI is InChI=1S/C20H22N2O2/c1-2-22-16(14-9-5-3-6-10-14)13-17-18(20(22)23)19(21-24-17)15-11-7-4-8-12-15/h4,7-8,11-14H,2-3,5-6,9-10H2,1H3. The lowest BCUT2D eigenvalue weighted by molar-refractivity contribution is 0.419. The molecule has 4 nitrogen and oxygen atoms in total. The summed E-state index contributed by atoms with van der Waals surface area (Å²) in [7, 11) is 0. The summed E-state index contributed by atoms with van der Waals surface area (Å²) < 4.78 is 7.47. The van der Waals surface area contributed by atoms with Gasteiger partial charge in [-0.1, -0.05) is 54.8 Å². The molecule has 124 valence electrons. The molecular formula is C20H22N2O2. The van der Waals surface area contributed by atoms with E-state index in [1.165, 1.54) is 19.3 Å². The average molecular weight is 322 g/mol. The lowest BCUT2D eigenvalue weighted by Gasteiger charge is -2.24. The highest BCUT2D eigenvalue weighted by atomic mass is 16.5. The van der Waals surface area contributed by atoms with Crippen LogP contribution in [-0.2, 0) is 6.54 Å². The Balaban J connectivity index is 1.91. The number of hydrogen-bond acceptors (Lipinski definition) is 3. The van der Waals surface area contributed by atoms with E-state index in [1.54, 1.807) is 0 Å². The van der Waals surface area contributed by atoms with Crippen LogP contribution in [0.3, 0.4) is 0 Å². The van der Waals surface area contributed by atoms with Gasteiger partial charge in [-0.3, -0.25) is 4.79 Å². The van der Waals surface area contributed by atoms with Gasteiger partial charge in [0, 0.05) is 23.9 Å². The van der Waals surface area contributed by atoms with Crippen LogP contribution in [0.15, 0.2) is 45.7 Å². The van der Waals surface area contributed by atoms with Gasteiger partial charge in [-0.25, -0.2) is 0 Å². The molecule has 0 spiro atoms. The highest BCUT2D eigenvalue weighted by Gasteiger charge is 2.23. The fourth-order valence-electron chi connectivity index (χ4n) is 3.93. The second-order valence-corrected chi connectivity index (χ2v) is 6.59. The van der Waals surface area contributed by atoms with Crippen LogP contribution in [0.25, 0.3) is 22.2 Å². The number of nitrogens with zero attached hydrogens (tertiary/aromatic N) is 2. The van der Waals surface area contributed by atoms with Crippen LogP contribution in [0, 0.1) is 0 Å². The van der Waals surface area contributed by atoms with Crippen molar-refractivity contribution < 1.29 is 4.52 Å². The predicted molar refractivity (Wildman–Crippen MR) is 95.2 cm³/mol. The topological polar surface area (TPSA) is 48.0 Å². The quantitative estimate of drug-likeness (QED) is 0.700. The van der Waals surface area contributed by atoms with Gasteiger partial charge in [-0.2, -0.15) is 0 Å². The minimum Gasteiger partial charge on any atom is -0.355 e. The maximum absolute atomic E-state index is 13.1. The molecule has 0 amide bonds. The van der Waals surface area contributed by atoms with E-state index < -0.39 is 0 Å². The van der Waals surface area contributed by atoms with E-state index in [1.807, 2.05) is 41.8 Å². The second kappa shape index (κ2) is 6.27. The molecule has 0 unspecified atom stereocenters. The Morgan fingerprint density at radius 1 is 1.17 bits per heavy atom. The van der Waals surface area contributed by atoms with Crippen LogP contribution in [0.1, 0.15) is 50.6 Å². The van der Waals surface area contributed by atoms with Gasteiger partial charge in [-0.15, -0.1) is 0 Å².